The molecular formula is C29H32N4O3. The van der Waals surface area contributed by atoms with Crippen LogP contribution in [-0.2, 0) is 11.2 Å². The van der Waals surface area contributed by atoms with Crippen molar-refractivity contribution in [1.82, 2.24) is 9.38 Å². The molecule has 0 spiro atoms. The third-order valence-corrected chi connectivity index (χ3v) is 6.16. The summed E-state index contributed by atoms with van der Waals surface area (Å²) in [6.07, 6.45) is 4.13. The van der Waals surface area contributed by atoms with E-state index in [2.05, 4.69) is 19.2 Å². The number of carbonyl (C=O) groups is 2. The average molecular weight is 485 g/mol. The van der Waals surface area contributed by atoms with Gasteiger partial charge in [0, 0.05) is 12.7 Å². The number of benzene rings is 2. The Hall–Kier alpha value is -4.13. The minimum atomic E-state index is -0.280. The van der Waals surface area contributed by atoms with Crippen LogP contribution < -0.4 is 15.0 Å². The second-order valence-corrected chi connectivity index (χ2v) is 9.10. The molecule has 7 heteroatoms. The molecule has 0 radical (unpaired) electrons. The van der Waals surface area contributed by atoms with Crippen molar-refractivity contribution in [2.75, 3.05) is 23.9 Å². The molecule has 2 aromatic carbocycles. The summed E-state index contributed by atoms with van der Waals surface area (Å²) in [5, 5.41) is 3.00. The standard InChI is InChI=1S/C29H32N4O3/c1-5-24-29(32(19-34)16-15-20(2)3)33-18-23(12-14-27(33)30-24)28(35)31-25-17-22(11-13-26(25)36-4)21-9-7-6-8-10-21/h6-14,17-20H,5,15-16H2,1-4H3,(H,31,35). The third-order valence-electron chi connectivity index (χ3n) is 6.16. The second kappa shape index (κ2) is 11.1. The smallest absolute Gasteiger partial charge is 0.257 e. The number of aryl methyl sites for hydroxylation is 1. The van der Waals surface area contributed by atoms with Crippen LogP contribution in [0.2, 0.25) is 0 Å². The summed E-state index contributed by atoms with van der Waals surface area (Å²) in [6.45, 7) is 6.85. The first-order valence-electron chi connectivity index (χ1n) is 12.2. The van der Waals surface area contributed by atoms with Crippen molar-refractivity contribution < 1.29 is 14.3 Å². The van der Waals surface area contributed by atoms with Gasteiger partial charge in [0.05, 0.1) is 24.1 Å². The fourth-order valence-electron chi connectivity index (χ4n) is 4.17. The van der Waals surface area contributed by atoms with Crippen LogP contribution in [-0.4, -0.2) is 35.4 Å². The van der Waals surface area contributed by atoms with E-state index in [9.17, 15) is 9.59 Å². The topological polar surface area (TPSA) is 75.9 Å². The third kappa shape index (κ3) is 5.25. The largest absolute Gasteiger partial charge is 0.495 e. The van der Waals surface area contributed by atoms with E-state index in [0.29, 0.717) is 47.3 Å². The van der Waals surface area contributed by atoms with Gasteiger partial charge in [0.15, 0.2) is 0 Å². The second-order valence-electron chi connectivity index (χ2n) is 9.10. The molecule has 0 saturated carbocycles. The van der Waals surface area contributed by atoms with E-state index >= 15 is 0 Å². The predicted molar refractivity (Wildman–Crippen MR) is 144 cm³/mol. The number of carbonyl (C=O) groups excluding carboxylic acids is 2. The van der Waals surface area contributed by atoms with Crippen molar-refractivity contribution in [3.05, 3.63) is 78.1 Å². The lowest BCUT2D eigenvalue weighted by molar-refractivity contribution is -0.107. The molecule has 2 heterocycles. The quantitative estimate of drug-likeness (QED) is 0.287. The van der Waals surface area contributed by atoms with Gasteiger partial charge in [-0.25, -0.2) is 4.98 Å². The van der Waals surface area contributed by atoms with Crippen molar-refractivity contribution in [2.45, 2.75) is 33.6 Å². The Morgan fingerprint density at radius 2 is 1.89 bits per heavy atom. The van der Waals surface area contributed by atoms with Gasteiger partial charge in [0.1, 0.15) is 17.2 Å². The van der Waals surface area contributed by atoms with E-state index in [0.717, 1.165) is 29.7 Å². The van der Waals surface area contributed by atoms with Crippen LogP contribution in [0.15, 0.2) is 66.9 Å². The van der Waals surface area contributed by atoms with Crippen LogP contribution in [0.3, 0.4) is 0 Å². The number of pyridine rings is 1. The van der Waals surface area contributed by atoms with Crippen LogP contribution >= 0.6 is 0 Å². The summed E-state index contributed by atoms with van der Waals surface area (Å²) in [7, 11) is 1.58. The normalized spacial score (nSPS) is 11.0. The maximum absolute atomic E-state index is 13.3. The molecule has 0 fully saturated rings. The Labute approximate surface area is 211 Å². The van der Waals surface area contributed by atoms with Crippen molar-refractivity contribution in [2.24, 2.45) is 5.92 Å². The van der Waals surface area contributed by atoms with Gasteiger partial charge in [-0.1, -0.05) is 57.2 Å². The first-order chi connectivity index (χ1) is 17.4. The highest BCUT2D eigenvalue weighted by Crippen LogP contribution is 2.31. The van der Waals surface area contributed by atoms with E-state index in [-0.39, 0.29) is 5.91 Å². The van der Waals surface area contributed by atoms with Gasteiger partial charge in [-0.3, -0.25) is 18.9 Å². The maximum atomic E-state index is 13.3. The summed E-state index contributed by atoms with van der Waals surface area (Å²) in [4.78, 5) is 31.7. The number of hydrogen-bond donors (Lipinski definition) is 1. The van der Waals surface area contributed by atoms with E-state index in [1.807, 2.05) is 59.9 Å². The fourth-order valence-corrected chi connectivity index (χ4v) is 4.17. The molecular weight excluding hydrogens is 452 g/mol. The van der Waals surface area contributed by atoms with E-state index < -0.39 is 0 Å². The van der Waals surface area contributed by atoms with E-state index in [1.54, 1.807) is 30.3 Å². The zero-order valence-electron chi connectivity index (χ0n) is 21.2. The number of rotatable bonds is 10. The highest BCUT2D eigenvalue weighted by molar-refractivity contribution is 6.05. The molecule has 1 N–H and O–H groups in total. The number of ether oxygens (including phenoxy) is 1. The zero-order chi connectivity index (χ0) is 25.7. The van der Waals surface area contributed by atoms with Crippen LogP contribution in [0.4, 0.5) is 11.5 Å². The Morgan fingerprint density at radius 1 is 1.11 bits per heavy atom. The van der Waals surface area contributed by atoms with Crippen molar-refractivity contribution >= 4 is 29.5 Å². The number of methoxy groups -OCH3 is 1. The number of hydrogen-bond acceptors (Lipinski definition) is 4. The minimum Gasteiger partial charge on any atom is -0.495 e. The van der Waals surface area contributed by atoms with Gasteiger partial charge in [-0.15, -0.1) is 0 Å². The lowest BCUT2D eigenvalue weighted by atomic mass is 10.0. The Bertz CT molecular complexity index is 1360. The number of imidazole rings is 1. The fraction of sp³-hybridized carbons (Fsp3) is 0.276. The van der Waals surface area contributed by atoms with Gasteiger partial charge >= 0.3 is 0 Å². The number of nitrogens with one attached hydrogen (secondary N) is 1. The minimum absolute atomic E-state index is 0.280. The molecule has 0 aliphatic rings. The van der Waals surface area contributed by atoms with Crippen LogP contribution in [0, 0.1) is 5.92 Å². The molecule has 36 heavy (non-hydrogen) atoms. The van der Waals surface area contributed by atoms with E-state index in [4.69, 9.17) is 9.72 Å². The number of aromatic nitrogens is 2. The molecule has 4 aromatic rings. The van der Waals surface area contributed by atoms with Crippen molar-refractivity contribution in [3.63, 3.8) is 0 Å². The number of nitrogens with zero attached hydrogens (tertiary/aromatic N) is 3. The van der Waals surface area contributed by atoms with Gasteiger partial charge in [0.2, 0.25) is 6.41 Å². The molecule has 0 atom stereocenters. The summed E-state index contributed by atoms with van der Waals surface area (Å²) >= 11 is 0. The van der Waals surface area contributed by atoms with E-state index in [1.165, 1.54) is 0 Å². The highest BCUT2D eigenvalue weighted by Gasteiger charge is 2.19. The lowest BCUT2D eigenvalue weighted by Crippen LogP contribution is -2.26. The Morgan fingerprint density at radius 3 is 2.56 bits per heavy atom. The Kier molecular flexibility index (Phi) is 7.68. The van der Waals surface area contributed by atoms with Crippen LogP contribution in [0.5, 0.6) is 5.75 Å². The highest BCUT2D eigenvalue weighted by atomic mass is 16.5. The zero-order valence-corrected chi connectivity index (χ0v) is 21.2. The van der Waals surface area contributed by atoms with Gasteiger partial charge in [0.25, 0.3) is 5.91 Å². The molecule has 0 aliphatic carbocycles. The lowest BCUT2D eigenvalue weighted by Gasteiger charge is -2.19. The summed E-state index contributed by atoms with van der Waals surface area (Å²) in [5.41, 5.74) is 4.56. The molecule has 7 nitrogen and oxygen atoms in total. The molecule has 2 amide bonds. The van der Waals surface area contributed by atoms with Crippen molar-refractivity contribution in [1.29, 1.82) is 0 Å². The van der Waals surface area contributed by atoms with Gasteiger partial charge in [-0.2, -0.15) is 0 Å². The summed E-state index contributed by atoms with van der Waals surface area (Å²) < 4.78 is 7.33. The summed E-state index contributed by atoms with van der Waals surface area (Å²) in [5.74, 6) is 1.46. The molecule has 0 aliphatic heterocycles. The van der Waals surface area contributed by atoms with Crippen molar-refractivity contribution in [3.8, 4) is 16.9 Å². The monoisotopic (exact) mass is 484 g/mol. The molecule has 186 valence electrons. The molecule has 2 aromatic heterocycles. The summed E-state index contributed by atoms with van der Waals surface area (Å²) in [6, 6.07) is 19.2. The predicted octanol–water partition coefficient (Wildman–Crippen LogP) is 5.83. The first-order valence-corrected chi connectivity index (χ1v) is 12.2. The number of fused-ring (bicyclic) bond motifs is 1. The molecule has 4 rings (SSSR count). The SMILES string of the molecule is CCc1nc2ccc(C(=O)Nc3cc(-c4ccccc4)ccc3OC)cn2c1N(C=O)CCC(C)C. The number of amides is 2. The molecule has 0 saturated heterocycles. The molecule has 0 unspecified atom stereocenters. The maximum Gasteiger partial charge on any atom is 0.257 e. The van der Waals surface area contributed by atoms with Gasteiger partial charge in [-0.05, 0) is 54.2 Å². The number of anilines is 2. The average Bonchev–Trinajstić information content (AvgIpc) is 3.27. The van der Waals surface area contributed by atoms with Gasteiger partial charge < -0.3 is 10.1 Å². The van der Waals surface area contributed by atoms with Crippen LogP contribution in [0.25, 0.3) is 16.8 Å². The molecule has 0 bridgehead atoms. The first kappa shape index (κ1) is 25.0. The Balaban J connectivity index is 1.68. The van der Waals surface area contributed by atoms with Crippen LogP contribution in [0.1, 0.15) is 43.2 Å².